The molecule has 11 atom stereocenters. The van der Waals surface area contributed by atoms with E-state index in [0.29, 0.717) is 25.2 Å². The summed E-state index contributed by atoms with van der Waals surface area (Å²) < 4.78 is 21.8. The van der Waals surface area contributed by atoms with Crippen molar-refractivity contribution in [2.24, 2.45) is 17.2 Å². The number of aliphatic hydroxyl groups is 6. The molecule has 1 saturated carbocycles. The molecular formula is C28H61N5O10. The quantitative estimate of drug-likeness (QED) is 0.107. The summed E-state index contributed by atoms with van der Waals surface area (Å²) in [5.74, 6) is 0. The molecule has 0 radical (unpaired) electrons. The van der Waals surface area contributed by atoms with E-state index in [1.54, 1.807) is 6.92 Å². The zero-order valence-corrected chi connectivity index (χ0v) is 26.0. The summed E-state index contributed by atoms with van der Waals surface area (Å²) in [5, 5.41) is 60.1. The van der Waals surface area contributed by atoms with Crippen LogP contribution < -0.4 is 27.8 Å². The second-order valence-corrected chi connectivity index (χ2v) is 11.3. The highest BCUT2D eigenvalue weighted by Gasteiger charge is 2.39. The molecule has 0 bridgehead atoms. The fraction of sp³-hybridized carbons (Fsp3) is 1.00. The van der Waals surface area contributed by atoms with E-state index in [1.807, 2.05) is 0 Å². The molecule has 43 heavy (non-hydrogen) atoms. The minimum atomic E-state index is -1.19. The maximum Gasteiger partial charge on any atom is 0.172 e. The van der Waals surface area contributed by atoms with Crippen LogP contribution in [0.1, 0.15) is 58.3 Å². The number of nitrogens with one attached hydrogen (secondary N) is 2. The first kappa shape index (κ1) is 40.4. The molecule has 0 aromatic heterocycles. The third-order valence-corrected chi connectivity index (χ3v) is 7.70. The van der Waals surface area contributed by atoms with Gasteiger partial charge in [-0.25, -0.2) is 0 Å². The first-order valence-electron chi connectivity index (χ1n) is 15.7. The van der Waals surface area contributed by atoms with Crippen molar-refractivity contribution in [2.75, 3.05) is 53.1 Å². The molecule has 3 heterocycles. The van der Waals surface area contributed by atoms with Gasteiger partial charge in [-0.05, 0) is 58.9 Å². The van der Waals surface area contributed by atoms with Gasteiger partial charge in [0.1, 0.15) is 12.2 Å². The predicted molar refractivity (Wildman–Crippen MR) is 161 cm³/mol. The summed E-state index contributed by atoms with van der Waals surface area (Å²) in [6.07, 6.45) is 4.31. The molecule has 4 fully saturated rings. The average Bonchev–Trinajstić information content (AvgIpc) is 3.47. The zero-order chi connectivity index (χ0) is 32.2. The Labute approximate surface area is 256 Å². The number of hydrogen-bond acceptors (Lipinski definition) is 15. The second-order valence-electron chi connectivity index (χ2n) is 11.3. The van der Waals surface area contributed by atoms with Gasteiger partial charge in [0.25, 0.3) is 0 Å². The molecule has 0 aromatic rings. The molecule has 258 valence electrons. The van der Waals surface area contributed by atoms with E-state index in [2.05, 4.69) is 16.4 Å². The van der Waals surface area contributed by atoms with Gasteiger partial charge in [0, 0.05) is 44.7 Å². The SMILES string of the molecule is CN.C[C@@H]1O[C@H](O)[C@H](N)C(O)[C@@H]1O.NC1CC(NCCO)CC(OC2CCC(CO)O2)C1.OCCNCC1CCCCO1. The number of ether oxygens (including phenoxy) is 4. The third-order valence-electron chi connectivity index (χ3n) is 7.70. The molecule has 0 spiro atoms. The minimum absolute atomic E-state index is 0.0602. The minimum Gasteiger partial charge on any atom is -0.395 e. The smallest absolute Gasteiger partial charge is 0.172 e. The lowest BCUT2D eigenvalue weighted by Crippen LogP contribution is -2.60. The molecule has 3 saturated heterocycles. The van der Waals surface area contributed by atoms with Crippen LogP contribution in [0.15, 0.2) is 0 Å². The second kappa shape index (κ2) is 23.7. The van der Waals surface area contributed by atoms with E-state index in [9.17, 15) is 5.11 Å². The van der Waals surface area contributed by atoms with Crippen molar-refractivity contribution in [3.05, 3.63) is 0 Å². The molecular weight excluding hydrogens is 566 g/mol. The molecule has 4 aliphatic rings. The van der Waals surface area contributed by atoms with Crippen molar-refractivity contribution in [3.8, 4) is 0 Å². The number of nitrogens with two attached hydrogens (primary N) is 3. The van der Waals surface area contributed by atoms with Crippen molar-refractivity contribution in [1.82, 2.24) is 10.6 Å². The lowest BCUT2D eigenvalue weighted by atomic mass is 9.89. The van der Waals surface area contributed by atoms with Crippen molar-refractivity contribution < 1.29 is 49.6 Å². The van der Waals surface area contributed by atoms with Crippen molar-refractivity contribution in [2.45, 2.75) is 126 Å². The molecule has 7 unspecified atom stereocenters. The van der Waals surface area contributed by atoms with Crippen LogP contribution in [0.5, 0.6) is 0 Å². The molecule has 14 N–H and O–H groups in total. The van der Waals surface area contributed by atoms with Gasteiger partial charge in [-0.3, -0.25) is 0 Å². The summed E-state index contributed by atoms with van der Waals surface area (Å²) in [7, 11) is 1.50. The van der Waals surface area contributed by atoms with Gasteiger partial charge in [-0.1, -0.05) is 0 Å². The van der Waals surface area contributed by atoms with Crippen molar-refractivity contribution in [1.29, 1.82) is 0 Å². The Kier molecular flexibility index (Phi) is 22.3. The molecule has 0 amide bonds. The van der Waals surface area contributed by atoms with Crippen LogP contribution in [0.4, 0.5) is 0 Å². The summed E-state index contributed by atoms with van der Waals surface area (Å²) in [5.41, 5.74) is 15.8. The average molecular weight is 628 g/mol. The molecule has 4 rings (SSSR count). The Morgan fingerprint density at radius 1 is 0.837 bits per heavy atom. The predicted octanol–water partition coefficient (Wildman–Crippen LogP) is -3.18. The maximum absolute atomic E-state index is 9.17. The third kappa shape index (κ3) is 16.0. The molecule has 15 heteroatoms. The Hall–Kier alpha value is -0.600. The topological polar surface area (TPSA) is 260 Å². The van der Waals surface area contributed by atoms with Gasteiger partial charge >= 0.3 is 0 Å². The molecule has 3 aliphatic heterocycles. The maximum atomic E-state index is 9.17. The highest BCUT2D eigenvalue weighted by molar-refractivity contribution is 4.89. The van der Waals surface area contributed by atoms with Gasteiger partial charge in [0.05, 0.1) is 50.3 Å². The van der Waals surface area contributed by atoms with Gasteiger partial charge in [0.2, 0.25) is 0 Å². The van der Waals surface area contributed by atoms with Gasteiger partial charge in [-0.2, -0.15) is 0 Å². The summed E-state index contributed by atoms with van der Waals surface area (Å²) in [6, 6.07) is -0.498. The first-order valence-corrected chi connectivity index (χ1v) is 15.7. The zero-order valence-electron chi connectivity index (χ0n) is 26.0. The summed E-state index contributed by atoms with van der Waals surface area (Å²) in [4.78, 5) is 0. The Balaban J connectivity index is 0.000000332. The molecule has 15 nitrogen and oxygen atoms in total. The van der Waals surface area contributed by atoms with E-state index < -0.39 is 30.6 Å². The largest absolute Gasteiger partial charge is 0.395 e. The van der Waals surface area contributed by atoms with E-state index >= 15 is 0 Å². The Morgan fingerprint density at radius 2 is 1.56 bits per heavy atom. The molecule has 0 aromatic carbocycles. The van der Waals surface area contributed by atoms with Crippen molar-refractivity contribution in [3.63, 3.8) is 0 Å². The summed E-state index contributed by atoms with van der Waals surface area (Å²) >= 11 is 0. The van der Waals surface area contributed by atoms with Crippen LogP contribution in [0.25, 0.3) is 0 Å². The van der Waals surface area contributed by atoms with Crippen LogP contribution in [0, 0.1) is 0 Å². The fourth-order valence-corrected chi connectivity index (χ4v) is 5.35. The lowest BCUT2D eigenvalue weighted by molar-refractivity contribution is -0.236. The fourth-order valence-electron chi connectivity index (χ4n) is 5.35. The van der Waals surface area contributed by atoms with E-state index in [4.69, 9.17) is 55.9 Å². The van der Waals surface area contributed by atoms with Crippen LogP contribution in [-0.4, -0.2) is 151 Å². The molecule has 1 aliphatic carbocycles. The number of rotatable bonds is 10. The van der Waals surface area contributed by atoms with Gasteiger partial charge < -0.3 is 77.4 Å². The number of hydrogen-bond donors (Lipinski definition) is 11. The highest BCUT2D eigenvalue weighted by atomic mass is 16.7. The van der Waals surface area contributed by atoms with Crippen LogP contribution in [0.3, 0.4) is 0 Å². The normalized spacial score (nSPS) is 37.6. The highest BCUT2D eigenvalue weighted by Crippen LogP contribution is 2.27. The van der Waals surface area contributed by atoms with Crippen LogP contribution in [0.2, 0.25) is 0 Å². The van der Waals surface area contributed by atoms with Crippen LogP contribution >= 0.6 is 0 Å². The van der Waals surface area contributed by atoms with Gasteiger partial charge in [-0.15, -0.1) is 0 Å². The number of aliphatic hydroxyl groups excluding tert-OH is 6. The standard InChI is InChI=1S/C13H26N2O4.C8H17NO2.C6H13NO4.CH5N/c14-9-5-10(15-3-4-16)7-12(6-9)19-13-2-1-11(8-17)18-13;10-5-4-9-7-8-3-1-2-6-11-8;1-2-4(8)5(9)3(7)6(10)11-2;1-2/h9-13,15-17H,1-8,14H2;8-10H,1-7H2;2-6,8-10H,7H2,1H3;2H2,1H3/t;;2-,3+,4+,5?,6-;/m..0./s1. The van der Waals surface area contributed by atoms with Crippen molar-refractivity contribution >= 4 is 0 Å². The monoisotopic (exact) mass is 627 g/mol. The van der Waals surface area contributed by atoms with E-state index in [1.165, 1.54) is 26.3 Å². The Bertz CT molecular complexity index is 655. The van der Waals surface area contributed by atoms with E-state index in [-0.39, 0.29) is 44.4 Å². The Morgan fingerprint density at radius 3 is 2.16 bits per heavy atom. The first-order chi connectivity index (χ1) is 20.7. The van der Waals surface area contributed by atoms with E-state index in [0.717, 1.165) is 45.3 Å². The van der Waals surface area contributed by atoms with Gasteiger partial charge in [0.15, 0.2) is 12.6 Å². The lowest BCUT2D eigenvalue weighted by Gasteiger charge is -2.37. The summed E-state index contributed by atoms with van der Waals surface area (Å²) in [6.45, 7) is 5.05. The van der Waals surface area contributed by atoms with Crippen LogP contribution in [-0.2, 0) is 18.9 Å².